The van der Waals surface area contributed by atoms with Gasteiger partial charge in [0, 0.05) is 10.9 Å². The van der Waals surface area contributed by atoms with Gasteiger partial charge in [-0.25, -0.2) is 4.39 Å². The third-order valence-corrected chi connectivity index (χ3v) is 4.06. The Hall–Kier alpha value is -1.07. The minimum Gasteiger partial charge on any atom is -0.368 e. The summed E-state index contributed by atoms with van der Waals surface area (Å²) in [6, 6.07) is 4.66. The van der Waals surface area contributed by atoms with Gasteiger partial charge in [0.05, 0.1) is 6.04 Å². The summed E-state index contributed by atoms with van der Waals surface area (Å²) in [5.74, 6) is 0.267. The molecule has 2 unspecified atom stereocenters. The van der Waals surface area contributed by atoms with Crippen molar-refractivity contribution in [2.24, 2.45) is 5.73 Å². The maximum atomic E-state index is 13.6. The number of carbonyl (C=O) groups excluding carboxylic acids is 1. The highest BCUT2D eigenvalue weighted by Gasteiger charge is 2.25. The normalized spacial score (nSPS) is 20.7. The molecule has 0 radical (unpaired) electrons. The molecule has 3 nitrogen and oxygen atoms in total. The van der Waals surface area contributed by atoms with E-state index in [4.69, 9.17) is 5.73 Å². The van der Waals surface area contributed by atoms with Gasteiger partial charge in [-0.1, -0.05) is 12.1 Å². The predicted molar refractivity (Wildman–Crippen MR) is 66.3 cm³/mol. The number of hydrogen-bond acceptors (Lipinski definition) is 3. The van der Waals surface area contributed by atoms with Crippen molar-refractivity contribution >= 4 is 17.7 Å². The molecule has 0 saturated carbocycles. The van der Waals surface area contributed by atoms with Crippen molar-refractivity contribution in [2.45, 2.75) is 30.3 Å². The first-order valence-electron chi connectivity index (χ1n) is 5.56. The van der Waals surface area contributed by atoms with Crippen molar-refractivity contribution in [3.63, 3.8) is 0 Å². The topological polar surface area (TPSA) is 55.1 Å². The minimum absolute atomic E-state index is 0.00412. The molecule has 3 N–H and O–H groups in total. The first-order chi connectivity index (χ1) is 8.09. The van der Waals surface area contributed by atoms with Gasteiger partial charge in [0.15, 0.2) is 0 Å². The monoisotopic (exact) mass is 254 g/mol. The Balaban J connectivity index is 2.23. The second-order valence-electron chi connectivity index (χ2n) is 4.14. The van der Waals surface area contributed by atoms with E-state index in [1.165, 1.54) is 17.8 Å². The van der Waals surface area contributed by atoms with Gasteiger partial charge in [-0.2, -0.15) is 0 Å². The van der Waals surface area contributed by atoms with Gasteiger partial charge in [-0.05, 0) is 30.7 Å². The van der Waals surface area contributed by atoms with E-state index in [1.54, 1.807) is 13.0 Å². The number of thioether (sulfide) groups is 1. The van der Waals surface area contributed by atoms with Crippen LogP contribution in [0.25, 0.3) is 0 Å². The first-order valence-corrected chi connectivity index (χ1v) is 6.54. The molecule has 2 atom stereocenters. The fourth-order valence-corrected chi connectivity index (χ4v) is 3.08. The van der Waals surface area contributed by atoms with Crippen LogP contribution in [0.2, 0.25) is 0 Å². The summed E-state index contributed by atoms with van der Waals surface area (Å²) in [5.41, 5.74) is 6.15. The third-order valence-electron chi connectivity index (χ3n) is 2.90. The van der Waals surface area contributed by atoms with Gasteiger partial charge in [-0.3, -0.25) is 10.1 Å². The Kier molecular flexibility index (Phi) is 3.69. The van der Waals surface area contributed by atoms with Crippen LogP contribution in [0.5, 0.6) is 0 Å². The SMILES string of the molecule is CC(NC1CCSc2c(F)cccc21)C(N)=O. The molecule has 1 amide bonds. The molecule has 5 heteroatoms. The van der Waals surface area contributed by atoms with E-state index in [1.807, 2.05) is 6.07 Å². The Morgan fingerprint density at radius 1 is 1.65 bits per heavy atom. The molecule has 0 fully saturated rings. The highest BCUT2D eigenvalue weighted by molar-refractivity contribution is 7.99. The Bertz CT molecular complexity index is 439. The molecule has 1 aromatic rings. The zero-order valence-electron chi connectivity index (χ0n) is 9.57. The van der Waals surface area contributed by atoms with E-state index in [-0.39, 0.29) is 17.8 Å². The second kappa shape index (κ2) is 5.06. The van der Waals surface area contributed by atoms with E-state index in [0.29, 0.717) is 4.90 Å². The summed E-state index contributed by atoms with van der Waals surface area (Å²) in [7, 11) is 0. The number of rotatable bonds is 3. The van der Waals surface area contributed by atoms with Crippen molar-refractivity contribution in [3.05, 3.63) is 29.6 Å². The summed E-state index contributed by atoms with van der Waals surface area (Å²) in [4.78, 5) is 11.7. The molecule has 0 spiro atoms. The van der Waals surface area contributed by atoms with Crippen LogP contribution in [-0.2, 0) is 4.79 Å². The summed E-state index contributed by atoms with van der Waals surface area (Å²) in [6.45, 7) is 1.73. The predicted octanol–water partition coefficient (Wildman–Crippen LogP) is 1.83. The van der Waals surface area contributed by atoms with E-state index in [0.717, 1.165) is 17.7 Å². The lowest BCUT2D eigenvalue weighted by atomic mass is 10.0. The van der Waals surface area contributed by atoms with Crippen molar-refractivity contribution in [1.29, 1.82) is 0 Å². The van der Waals surface area contributed by atoms with E-state index in [9.17, 15) is 9.18 Å². The van der Waals surface area contributed by atoms with Crippen LogP contribution < -0.4 is 11.1 Å². The fourth-order valence-electron chi connectivity index (χ4n) is 1.94. The quantitative estimate of drug-likeness (QED) is 0.865. The molecule has 1 heterocycles. The summed E-state index contributed by atoms with van der Waals surface area (Å²) in [6.07, 6.45) is 0.874. The Morgan fingerprint density at radius 3 is 3.12 bits per heavy atom. The number of nitrogens with one attached hydrogen (secondary N) is 1. The van der Waals surface area contributed by atoms with Crippen molar-refractivity contribution in [2.75, 3.05) is 5.75 Å². The highest BCUT2D eigenvalue weighted by atomic mass is 32.2. The smallest absolute Gasteiger partial charge is 0.234 e. The van der Waals surface area contributed by atoms with Crippen molar-refractivity contribution in [1.82, 2.24) is 5.32 Å². The van der Waals surface area contributed by atoms with Crippen molar-refractivity contribution in [3.8, 4) is 0 Å². The first kappa shape index (κ1) is 12.4. The molecule has 0 bridgehead atoms. The fraction of sp³-hybridized carbons (Fsp3) is 0.417. The number of halogens is 1. The standard InChI is InChI=1S/C12H15FN2OS/c1-7(12(14)16)15-10-5-6-17-11-8(10)3-2-4-9(11)13/h2-4,7,10,15H,5-6H2,1H3,(H2,14,16). The number of primary amides is 1. The molecule has 1 aromatic carbocycles. The average molecular weight is 254 g/mol. The molecule has 0 aliphatic carbocycles. The van der Waals surface area contributed by atoms with Crippen LogP contribution in [-0.4, -0.2) is 17.7 Å². The van der Waals surface area contributed by atoms with Crippen LogP contribution >= 0.6 is 11.8 Å². The minimum atomic E-state index is -0.404. The Labute approximate surface area is 104 Å². The highest BCUT2D eigenvalue weighted by Crippen LogP contribution is 2.37. The van der Waals surface area contributed by atoms with Gasteiger partial charge in [0.2, 0.25) is 5.91 Å². The molecule has 1 aliphatic rings. The van der Waals surface area contributed by atoms with E-state index >= 15 is 0 Å². The lowest BCUT2D eigenvalue weighted by molar-refractivity contribution is -0.119. The Morgan fingerprint density at radius 2 is 2.41 bits per heavy atom. The van der Waals surface area contributed by atoms with Crippen molar-refractivity contribution < 1.29 is 9.18 Å². The van der Waals surface area contributed by atoms with Gasteiger partial charge >= 0.3 is 0 Å². The van der Waals surface area contributed by atoms with E-state index < -0.39 is 6.04 Å². The number of benzene rings is 1. The summed E-state index contributed by atoms with van der Waals surface area (Å²) >= 11 is 1.52. The number of amides is 1. The molecule has 2 rings (SSSR count). The zero-order valence-corrected chi connectivity index (χ0v) is 10.4. The summed E-state index contributed by atoms with van der Waals surface area (Å²) < 4.78 is 13.6. The van der Waals surface area contributed by atoms with Crippen LogP contribution in [0.4, 0.5) is 4.39 Å². The lowest BCUT2D eigenvalue weighted by Crippen LogP contribution is -2.41. The number of carbonyl (C=O) groups is 1. The zero-order chi connectivity index (χ0) is 12.4. The maximum absolute atomic E-state index is 13.6. The van der Waals surface area contributed by atoms with Crippen LogP contribution in [0.1, 0.15) is 24.9 Å². The molecule has 17 heavy (non-hydrogen) atoms. The second-order valence-corrected chi connectivity index (χ2v) is 5.24. The maximum Gasteiger partial charge on any atom is 0.234 e. The van der Waals surface area contributed by atoms with Crippen LogP contribution in [0, 0.1) is 5.82 Å². The third kappa shape index (κ3) is 2.61. The molecule has 0 saturated heterocycles. The molecular formula is C12H15FN2OS. The molecular weight excluding hydrogens is 239 g/mol. The van der Waals surface area contributed by atoms with Gasteiger partial charge in [0.25, 0.3) is 0 Å². The van der Waals surface area contributed by atoms with Crippen LogP contribution in [0.15, 0.2) is 23.1 Å². The number of fused-ring (bicyclic) bond motifs is 1. The number of hydrogen-bond donors (Lipinski definition) is 2. The molecule has 0 aromatic heterocycles. The summed E-state index contributed by atoms with van der Waals surface area (Å²) in [5, 5.41) is 3.15. The average Bonchev–Trinajstić information content (AvgIpc) is 2.30. The van der Waals surface area contributed by atoms with Gasteiger partial charge in [-0.15, -0.1) is 11.8 Å². The van der Waals surface area contributed by atoms with Crippen LogP contribution in [0.3, 0.4) is 0 Å². The molecule has 1 aliphatic heterocycles. The van der Waals surface area contributed by atoms with E-state index in [2.05, 4.69) is 5.32 Å². The molecule has 92 valence electrons. The number of nitrogens with two attached hydrogens (primary N) is 1. The largest absolute Gasteiger partial charge is 0.368 e. The van der Waals surface area contributed by atoms with Gasteiger partial charge in [0.1, 0.15) is 5.82 Å². The lowest BCUT2D eigenvalue weighted by Gasteiger charge is -2.28. The van der Waals surface area contributed by atoms with Gasteiger partial charge < -0.3 is 5.73 Å².